The molecule has 0 aliphatic carbocycles. The summed E-state index contributed by atoms with van der Waals surface area (Å²) in [7, 11) is 1.11. The highest BCUT2D eigenvalue weighted by molar-refractivity contribution is 8.00. The van der Waals surface area contributed by atoms with Crippen molar-refractivity contribution in [2.75, 3.05) is 13.6 Å². The van der Waals surface area contributed by atoms with E-state index < -0.39 is 77.6 Å². The Morgan fingerprint density at radius 3 is 2.00 bits per heavy atom. The molecule has 0 aromatic carbocycles. The lowest BCUT2D eigenvalue weighted by Gasteiger charge is -2.37. The van der Waals surface area contributed by atoms with Crippen LogP contribution in [0.3, 0.4) is 0 Å². The molecule has 3 aromatic heterocycles. The zero-order chi connectivity index (χ0) is 33.1. The van der Waals surface area contributed by atoms with Gasteiger partial charge in [0.1, 0.15) is 6.26 Å². The number of aromatic amines is 1. The lowest BCUT2D eigenvalue weighted by Crippen LogP contribution is -2.69. The topological polar surface area (TPSA) is 107 Å². The highest BCUT2D eigenvalue weighted by atomic mass is 32.2. The van der Waals surface area contributed by atoms with Gasteiger partial charge in [-0.3, -0.25) is 5.01 Å². The first-order valence-electron chi connectivity index (χ1n) is 13.0. The summed E-state index contributed by atoms with van der Waals surface area (Å²) in [4.78, 5) is 12.6. The maximum Gasteiger partial charge on any atom is 0.474 e. The molecule has 6 heterocycles. The summed E-state index contributed by atoms with van der Waals surface area (Å²) in [5, 5.41) is 11.9. The Morgan fingerprint density at radius 2 is 1.52 bits per heavy atom. The third-order valence-corrected chi connectivity index (χ3v) is 7.66. The van der Waals surface area contributed by atoms with Gasteiger partial charge in [-0.25, -0.2) is 4.98 Å². The van der Waals surface area contributed by atoms with Gasteiger partial charge in [-0.2, -0.15) is 44.3 Å². The SMILES string of the molecule is CN1CC(Cc2cnc[nH]2)=C(C(F)(F)F)[N+]1(n1cc(CN2C=CON2)c(C(F)(F)F)n1)n1cc(CN2C=CSN2)c(C(F)(F)F)n1. The molecule has 248 valence electrons. The number of hydrogen-bond acceptors (Lipinski definition) is 10. The average Bonchev–Trinajstić information content (AvgIpc) is 3.76. The molecule has 0 bridgehead atoms. The normalized spacial score (nSPS) is 21.0. The molecule has 0 radical (unpaired) electrons. The smallest absolute Gasteiger partial charge is 0.395 e. The third-order valence-electron chi connectivity index (χ3n) is 7.06. The summed E-state index contributed by atoms with van der Waals surface area (Å²) < 4.78 is 132. The Bertz CT molecular complexity index is 1590. The summed E-state index contributed by atoms with van der Waals surface area (Å²) in [6.45, 7) is -1.65. The lowest BCUT2D eigenvalue weighted by molar-refractivity contribution is -0.184. The van der Waals surface area contributed by atoms with Crippen molar-refractivity contribution in [3.05, 3.63) is 88.5 Å². The van der Waals surface area contributed by atoms with Gasteiger partial charge in [0.15, 0.2) is 11.4 Å². The summed E-state index contributed by atoms with van der Waals surface area (Å²) in [6.07, 6.45) is -8.45. The number of likely N-dealkylation sites (N-methyl/N-ethyl adjacent to an activating group) is 1. The molecule has 0 fully saturated rings. The Hall–Kier alpha value is -4.19. The molecule has 1 unspecified atom stereocenters. The number of aromatic nitrogens is 6. The van der Waals surface area contributed by atoms with E-state index in [1.54, 1.807) is 0 Å². The lowest BCUT2D eigenvalue weighted by atomic mass is 10.1. The van der Waals surface area contributed by atoms with E-state index >= 15 is 13.2 Å². The first-order valence-corrected chi connectivity index (χ1v) is 13.9. The molecule has 3 aliphatic heterocycles. The summed E-state index contributed by atoms with van der Waals surface area (Å²) in [5.74, 6) is 0. The number of hydrogen-bond donors (Lipinski definition) is 3. The number of nitrogens with zero attached hydrogens (tertiary/aromatic N) is 9. The van der Waals surface area contributed by atoms with E-state index in [0.29, 0.717) is 15.8 Å². The first-order chi connectivity index (χ1) is 21.6. The molecule has 0 amide bonds. The van der Waals surface area contributed by atoms with E-state index in [9.17, 15) is 26.3 Å². The van der Waals surface area contributed by atoms with Crippen LogP contribution in [-0.4, -0.2) is 64.5 Å². The van der Waals surface area contributed by atoms with Gasteiger partial charge in [0, 0.05) is 58.5 Å². The monoisotopic (exact) mass is 685 g/mol. The number of nitrogens with one attached hydrogen (secondary N) is 3. The van der Waals surface area contributed by atoms with E-state index in [0.717, 1.165) is 41.5 Å². The van der Waals surface area contributed by atoms with Crippen molar-refractivity contribution in [3.8, 4) is 0 Å². The van der Waals surface area contributed by atoms with Crippen LogP contribution in [0.25, 0.3) is 0 Å². The summed E-state index contributed by atoms with van der Waals surface area (Å²) >= 11 is 1.04. The maximum absolute atomic E-state index is 15.3. The van der Waals surface area contributed by atoms with E-state index in [1.807, 2.05) is 0 Å². The van der Waals surface area contributed by atoms with Gasteiger partial charge in [-0.05, 0) is 11.9 Å². The predicted octanol–water partition coefficient (Wildman–Crippen LogP) is 3.82. The van der Waals surface area contributed by atoms with E-state index in [-0.39, 0.29) is 11.3 Å². The molecular formula is C23H22F9N12OS+. The molecule has 0 saturated heterocycles. The summed E-state index contributed by atoms with van der Waals surface area (Å²) in [6, 6.07) is 0. The van der Waals surface area contributed by atoms with Crippen LogP contribution in [0.4, 0.5) is 39.5 Å². The van der Waals surface area contributed by atoms with Crippen LogP contribution in [-0.2, 0) is 36.7 Å². The highest BCUT2D eigenvalue weighted by Crippen LogP contribution is 2.44. The number of imidazole rings is 1. The minimum atomic E-state index is -5.32. The third kappa shape index (κ3) is 5.67. The standard InChI is InChI=1S/C23H22F9N12OS/c1-39-8-14(6-17-7-33-13-34-17)20(23(30,31)32)44(39,42-11-15(9-40-2-4-45-37-40)18(35-42)21(24,25)26)43-12-16(10-41-3-5-46-38-41)19(36-43)22(27,28)29/h2-5,7,11-13,37-38H,6,8-10H2,1H3,(H,33,34)/q+1. The van der Waals surface area contributed by atoms with Gasteiger partial charge in [-0.1, -0.05) is 20.2 Å². The molecule has 3 aromatic rings. The number of halogens is 9. The maximum atomic E-state index is 15.3. The molecular weight excluding hydrogens is 663 g/mol. The second-order valence-electron chi connectivity index (χ2n) is 10.2. The van der Waals surface area contributed by atoms with E-state index in [4.69, 9.17) is 4.84 Å². The Morgan fingerprint density at radius 1 is 0.891 bits per heavy atom. The minimum absolute atomic E-state index is 0.218. The van der Waals surface area contributed by atoms with Crippen molar-refractivity contribution in [1.29, 1.82) is 0 Å². The molecule has 3 aliphatic rings. The molecule has 0 spiro atoms. The molecule has 46 heavy (non-hydrogen) atoms. The second-order valence-corrected chi connectivity index (χ2v) is 10.9. The number of rotatable bonds is 8. The van der Waals surface area contributed by atoms with Crippen molar-refractivity contribution in [2.24, 2.45) is 0 Å². The Labute approximate surface area is 256 Å². The number of hydrazine groups is 2. The molecule has 3 N–H and O–H groups in total. The largest absolute Gasteiger partial charge is 0.474 e. The van der Waals surface area contributed by atoms with E-state index in [2.05, 4.69) is 30.6 Å². The number of allylic oxidation sites excluding steroid dienone is 1. The van der Waals surface area contributed by atoms with Gasteiger partial charge in [0.25, 0.3) is 5.70 Å². The first kappa shape index (κ1) is 31.8. The van der Waals surface area contributed by atoms with E-state index in [1.165, 1.54) is 35.3 Å². The quantitative estimate of drug-likeness (QED) is 0.184. The van der Waals surface area contributed by atoms with Crippen molar-refractivity contribution >= 4 is 11.9 Å². The fourth-order valence-electron chi connectivity index (χ4n) is 5.35. The minimum Gasteiger partial charge on any atom is -0.395 e. The van der Waals surface area contributed by atoms with Crippen LogP contribution in [0.5, 0.6) is 0 Å². The predicted molar refractivity (Wildman–Crippen MR) is 140 cm³/mol. The molecule has 6 rings (SSSR count). The zero-order valence-corrected chi connectivity index (χ0v) is 24.0. The van der Waals surface area contributed by atoms with Crippen LogP contribution in [0.1, 0.15) is 28.2 Å². The second kappa shape index (κ2) is 11.3. The van der Waals surface area contributed by atoms with Crippen LogP contribution in [0.2, 0.25) is 0 Å². The van der Waals surface area contributed by atoms with Crippen molar-refractivity contribution in [1.82, 2.24) is 60.0 Å². The average molecular weight is 686 g/mol. The zero-order valence-electron chi connectivity index (χ0n) is 23.2. The fraction of sp³-hybridized carbons (Fsp3) is 0.348. The number of alkyl halides is 9. The van der Waals surface area contributed by atoms with Gasteiger partial charge < -0.3 is 14.8 Å². The van der Waals surface area contributed by atoms with Gasteiger partial charge in [0.2, 0.25) is 0 Å². The highest BCUT2D eigenvalue weighted by Gasteiger charge is 2.64. The van der Waals surface area contributed by atoms with Crippen molar-refractivity contribution in [2.45, 2.75) is 38.0 Å². The number of H-pyrrole nitrogens is 1. The summed E-state index contributed by atoms with van der Waals surface area (Å²) in [5.41, 5.74) is -3.69. The Kier molecular flexibility index (Phi) is 7.77. The molecule has 23 heteroatoms. The van der Waals surface area contributed by atoms with Crippen LogP contribution < -0.4 is 15.2 Å². The Balaban J connectivity index is 1.62. The molecule has 0 saturated carbocycles. The number of quaternary nitrogens is 1. The van der Waals surface area contributed by atoms with Crippen LogP contribution in [0, 0.1) is 0 Å². The van der Waals surface area contributed by atoms with Crippen molar-refractivity contribution in [3.63, 3.8) is 0 Å². The van der Waals surface area contributed by atoms with Crippen LogP contribution >= 0.6 is 11.9 Å². The molecule has 1 atom stereocenters. The van der Waals surface area contributed by atoms with Crippen molar-refractivity contribution < 1.29 is 44.4 Å². The fourth-order valence-corrected chi connectivity index (χ4v) is 5.88. The van der Waals surface area contributed by atoms with Crippen LogP contribution in [0.15, 0.2) is 60.3 Å². The molecule has 13 nitrogen and oxygen atoms in total. The van der Waals surface area contributed by atoms with Gasteiger partial charge in [0.05, 0.1) is 44.6 Å². The van der Waals surface area contributed by atoms with Gasteiger partial charge in [-0.15, -0.1) is 10.2 Å². The van der Waals surface area contributed by atoms with Gasteiger partial charge >= 0.3 is 18.5 Å².